The third kappa shape index (κ3) is 2.17. The largest absolute Gasteiger partial charge is 0.481 e. The molecule has 2 aromatic rings. The summed E-state index contributed by atoms with van der Waals surface area (Å²) in [7, 11) is 1.58. The van der Waals surface area contributed by atoms with Crippen molar-refractivity contribution in [2.45, 2.75) is 6.61 Å². The molecule has 2 aromatic heterocycles. The van der Waals surface area contributed by atoms with E-state index in [2.05, 4.69) is 9.97 Å². The highest BCUT2D eigenvalue weighted by Crippen LogP contribution is 2.19. The van der Waals surface area contributed by atoms with Crippen molar-refractivity contribution in [1.82, 2.24) is 9.97 Å². The highest BCUT2D eigenvalue weighted by Gasteiger charge is 2.02. The molecule has 0 spiro atoms. The second kappa shape index (κ2) is 4.72. The van der Waals surface area contributed by atoms with Crippen molar-refractivity contribution in [1.29, 1.82) is 0 Å². The molecule has 16 heavy (non-hydrogen) atoms. The first-order chi connectivity index (χ1) is 7.83. The molecule has 0 atom stereocenters. The van der Waals surface area contributed by atoms with Gasteiger partial charge >= 0.3 is 0 Å². The Morgan fingerprint density at radius 2 is 2.19 bits per heavy atom. The Morgan fingerprint density at radius 1 is 1.31 bits per heavy atom. The number of aromatic nitrogens is 2. The summed E-state index contributed by atoms with van der Waals surface area (Å²) < 4.78 is 5.05. The van der Waals surface area contributed by atoms with E-state index < -0.39 is 0 Å². The first-order valence-electron chi connectivity index (χ1n) is 4.89. The van der Waals surface area contributed by atoms with Gasteiger partial charge in [-0.2, -0.15) is 0 Å². The number of nitrogens with zero attached hydrogens (tertiary/aromatic N) is 2. The number of aliphatic hydroxyl groups excluding tert-OH is 1. The van der Waals surface area contributed by atoms with Gasteiger partial charge in [0.15, 0.2) is 0 Å². The number of pyridine rings is 2. The third-order valence-electron chi connectivity index (χ3n) is 2.21. The SMILES string of the molecule is COc1cccc(-c2cncc(CO)c2)n1. The van der Waals surface area contributed by atoms with Gasteiger partial charge in [-0.25, -0.2) is 4.98 Å². The Kier molecular flexibility index (Phi) is 3.12. The molecular formula is C12H12N2O2. The minimum absolute atomic E-state index is 0.0230. The zero-order valence-corrected chi connectivity index (χ0v) is 8.92. The van der Waals surface area contributed by atoms with Gasteiger partial charge in [-0.1, -0.05) is 6.07 Å². The Hall–Kier alpha value is -1.94. The van der Waals surface area contributed by atoms with Crippen molar-refractivity contribution < 1.29 is 9.84 Å². The van der Waals surface area contributed by atoms with E-state index in [4.69, 9.17) is 9.84 Å². The highest BCUT2D eigenvalue weighted by atomic mass is 16.5. The van der Waals surface area contributed by atoms with Crippen molar-refractivity contribution in [3.05, 3.63) is 42.2 Å². The lowest BCUT2D eigenvalue weighted by Gasteiger charge is -2.04. The Bertz CT molecular complexity index is 440. The minimum Gasteiger partial charge on any atom is -0.481 e. The Balaban J connectivity index is 2.41. The summed E-state index contributed by atoms with van der Waals surface area (Å²) in [4.78, 5) is 8.34. The molecule has 0 aliphatic heterocycles. The molecule has 0 amide bonds. The summed E-state index contributed by atoms with van der Waals surface area (Å²) in [6.07, 6.45) is 3.34. The lowest BCUT2D eigenvalue weighted by Crippen LogP contribution is -1.91. The first-order valence-corrected chi connectivity index (χ1v) is 4.89. The van der Waals surface area contributed by atoms with Gasteiger partial charge in [0.05, 0.1) is 19.4 Å². The number of hydrogen-bond donors (Lipinski definition) is 1. The number of aliphatic hydroxyl groups is 1. The van der Waals surface area contributed by atoms with Gasteiger partial charge in [-0.3, -0.25) is 4.98 Å². The van der Waals surface area contributed by atoms with Crippen LogP contribution in [0.25, 0.3) is 11.3 Å². The lowest BCUT2D eigenvalue weighted by atomic mass is 10.1. The molecule has 0 saturated carbocycles. The number of ether oxygens (including phenoxy) is 1. The van der Waals surface area contributed by atoms with Crippen LogP contribution in [0.15, 0.2) is 36.7 Å². The van der Waals surface area contributed by atoms with Crippen molar-refractivity contribution in [3.8, 4) is 17.1 Å². The fraction of sp³-hybridized carbons (Fsp3) is 0.167. The number of rotatable bonds is 3. The molecule has 4 nitrogen and oxygen atoms in total. The fourth-order valence-corrected chi connectivity index (χ4v) is 1.40. The van der Waals surface area contributed by atoms with Crippen LogP contribution < -0.4 is 4.74 Å². The maximum absolute atomic E-state index is 9.02. The standard InChI is InChI=1S/C12H12N2O2/c1-16-12-4-2-3-11(14-12)10-5-9(8-15)6-13-7-10/h2-7,15H,8H2,1H3. The molecule has 0 aromatic carbocycles. The molecule has 82 valence electrons. The van der Waals surface area contributed by atoms with Crippen molar-refractivity contribution >= 4 is 0 Å². The van der Waals surface area contributed by atoms with Crippen LogP contribution in [-0.4, -0.2) is 22.2 Å². The van der Waals surface area contributed by atoms with E-state index in [1.807, 2.05) is 18.2 Å². The minimum atomic E-state index is -0.0230. The normalized spacial score (nSPS) is 10.1. The molecule has 4 heteroatoms. The van der Waals surface area contributed by atoms with Gasteiger partial charge < -0.3 is 9.84 Å². The van der Waals surface area contributed by atoms with Crippen LogP contribution in [0.1, 0.15) is 5.56 Å². The Morgan fingerprint density at radius 3 is 2.94 bits per heavy atom. The molecule has 2 heterocycles. The predicted molar refractivity (Wildman–Crippen MR) is 59.9 cm³/mol. The molecule has 2 rings (SSSR count). The zero-order valence-electron chi connectivity index (χ0n) is 8.92. The van der Waals surface area contributed by atoms with Crippen molar-refractivity contribution in [3.63, 3.8) is 0 Å². The number of hydrogen-bond acceptors (Lipinski definition) is 4. The maximum Gasteiger partial charge on any atom is 0.213 e. The summed E-state index contributed by atoms with van der Waals surface area (Å²) >= 11 is 0. The summed E-state index contributed by atoms with van der Waals surface area (Å²) in [5, 5.41) is 9.02. The molecule has 0 aliphatic carbocycles. The molecule has 0 aliphatic rings. The molecule has 0 fully saturated rings. The highest BCUT2D eigenvalue weighted by molar-refractivity contribution is 5.59. The smallest absolute Gasteiger partial charge is 0.213 e. The summed E-state index contributed by atoms with van der Waals surface area (Å²) in [5.41, 5.74) is 2.41. The second-order valence-corrected chi connectivity index (χ2v) is 3.31. The van der Waals surface area contributed by atoms with Crippen LogP contribution in [0, 0.1) is 0 Å². The van der Waals surface area contributed by atoms with Crippen molar-refractivity contribution in [2.24, 2.45) is 0 Å². The van der Waals surface area contributed by atoms with Crippen LogP contribution in [0.3, 0.4) is 0 Å². The summed E-state index contributed by atoms with van der Waals surface area (Å²) in [6.45, 7) is -0.0230. The number of methoxy groups -OCH3 is 1. The lowest BCUT2D eigenvalue weighted by molar-refractivity contribution is 0.281. The van der Waals surface area contributed by atoms with Gasteiger partial charge in [-0.05, 0) is 17.7 Å². The topological polar surface area (TPSA) is 55.2 Å². The van der Waals surface area contributed by atoms with E-state index in [0.29, 0.717) is 5.88 Å². The van der Waals surface area contributed by atoms with Crippen LogP contribution in [-0.2, 0) is 6.61 Å². The maximum atomic E-state index is 9.02. The average Bonchev–Trinajstić information content (AvgIpc) is 2.39. The molecule has 0 bridgehead atoms. The van der Waals surface area contributed by atoms with Crippen LogP contribution in [0.4, 0.5) is 0 Å². The molecule has 0 saturated heterocycles. The third-order valence-corrected chi connectivity index (χ3v) is 2.21. The zero-order chi connectivity index (χ0) is 11.4. The summed E-state index contributed by atoms with van der Waals surface area (Å²) in [5.74, 6) is 0.562. The van der Waals surface area contributed by atoms with Gasteiger partial charge in [0.2, 0.25) is 5.88 Å². The fourth-order valence-electron chi connectivity index (χ4n) is 1.40. The molecular weight excluding hydrogens is 204 g/mol. The van der Waals surface area contributed by atoms with E-state index in [1.165, 1.54) is 0 Å². The monoisotopic (exact) mass is 216 g/mol. The van der Waals surface area contributed by atoms with E-state index in [9.17, 15) is 0 Å². The Labute approximate surface area is 93.6 Å². The van der Waals surface area contributed by atoms with Crippen LogP contribution in [0.2, 0.25) is 0 Å². The van der Waals surface area contributed by atoms with Crippen molar-refractivity contribution in [2.75, 3.05) is 7.11 Å². The van der Waals surface area contributed by atoms with Gasteiger partial charge in [0.25, 0.3) is 0 Å². The molecule has 1 N–H and O–H groups in total. The van der Waals surface area contributed by atoms with E-state index >= 15 is 0 Å². The molecule has 0 unspecified atom stereocenters. The summed E-state index contributed by atoms with van der Waals surface area (Å²) in [6, 6.07) is 7.38. The van der Waals surface area contributed by atoms with Crippen LogP contribution >= 0.6 is 0 Å². The van der Waals surface area contributed by atoms with E-state index in [-0.39, 0.29) is 6.61 Å². The van der Waals surface area contributed by atoms with E-state index in [1.54, 1.807) is 25.6 Å². The van der Waals surface area contributed by atoms with Gasteiger partial charge in [0, 0.05) is 24.0 Å². The molecule has 0 radical (unpaired) electrons. The first kappa shape index (κ1) is 10.6. The second-order valence-electron chi connectivity index (χ2n) is 3.31. The van der Waals surface area contributed by atoms with E-state index in [0.717, 1.165) is 16.8 Å². The predicted octanol–water partition coefficient (Wildman–Crippen LogP) is 1.64. The van der Waals surface area contributed by atoms with Gasteiger partial charge in [0.1, 0.15) is 0 Å². The van der Waals surface area contributed by atoms with Crippen LogP contribution in [0.5, 0.6) is 5.88 Å². The average molecular weight is 216 g/mol. The quantitative estimate of drug-likeness (QED) is 0.847. The van der Waals surface area contributed by atoms with Gasteiger partial charge in [-0.15, -0.1) is 0 Å².